The summed E-state index contributed by atoms with van der Waals surface area (Å²) in [6.07, 6.45) is 3.04. The number of nitro groups is 1. The zero-order valence-corrected chi connectivity index (χ0v) is 12.2. The molecule has 1 aliphatic rings. The van der Waals surface area contributed by atoms with Gasteiger partial charge in [0, 0.05) is 36.8 Å². The molecule has 114 valence electrons. The van der Waals surface area contributed by atoms with E-state index in [1.165, 1.54) is 24.3 Å². The minimum Gasteiger partial charge on any atom is -0.334 e. The standard InChI is InChI=1S/C15H21N3O3/c1-2-11-7-8-17(14(9-11)10-16)15(19)12-3-5-13(6-4-12)18(20)21/h3-6,11,14H,2,7-10,16H2,1H3. The van der Waals surface area contributed by atoms with E-state index in [1.54, 1.807) is 0 Å². The highest BCUT2D eigenvalue weighted by molar-refractivity contribution is 5.94. The molecular formula is C15H21N3O3. The molecule has 6 nitrogen and oxygen atoms in total. The lowest BCUT2D eigenvalue weighted by Crippen LogP contribution is -2.49. The minimum absolute atomic E-state index is 0.00776. The fourth-order valence-corrected chi connectivity index (χ4v) is 2.89. The second kappa shape index (κ2) is 6.67. The number of amides is 1. The molecule has 1 amide bonds. The van der Waals surface area contributed by atoms with Gasteiger partial charge in [-0.25, -0.2) is 0 Å². The van der Waals surface area contributed by atoms with Gasteiger partial charge in [0.1, 0.15) is 0 Å². The SMILES string of the molecule is CCC1CCN(C(=O)c2ccc([N+](=O)[O-])cc2)C(CN)C1. The van der Waals surface area contributed by atoms with Crippen molar-refractivity contribution in [2.45, 2.75) is 32.2 Å². The van der Waals surface area contributed by atoms with E-state index in [9.17, 15) is 14.9 Å². The number of likely N-dealkylation sites (tertiary alicyclic amines) is 1. The molecule has 1 heterocycles. The average molecular weight is 291 g/mol. The zero-order chi connectivity index (χ0) is 15.4. The van der Waals surface area contributed by atoms with Crippen molar-refractivity contribution < 1.29 is 9.72 Å². The number of benzene rings is 1. The molecule has 2 rings (SSSR count). The number of rotatable bonds is 4. The maximum absolute atomic E-state index is 12.5. The van der Waals surface area contributed by atoms with E-state index in [0.29, 0.717) is 24.6 Å². The van der Waals surface area contributed by atoms with E-state index in [4.69, 9.17) is 5.73 Å². The van der Waals surface area contributed by atoms with Gasteiger partial charge in [0.25, 0.3) is 11.6 Å². The number of carbonyl (C=O) groups excluding carboxylic acids is 1. The number of non-ortho nitro benzene ring substituents is 1. The van der Waals surface area contributed by atoms with Crippen LogP contribution in [0.5, 0.6) is 0 Å². The predicted octanol–water partition coefficient (Wildman–Crippen LogP) is 2.18. The third-order valence-electron chi connectivity index (χ3n) is 4.26. The van der Waals surface area contributed by atoms with Crippen LogP contribution in [0.2, 0.25) is 0 Å². The van der Waals surface area contributed by atoms with Gasteiger partial charge < -0.3 is 10.6 Å². The number of nitrogens with zero attached hydrogens (tertiary/aromatic N) is 2. The smallest absolute Gasteiger partial charge is 0.269 e. The second-order valence-corrected chi connectivity index (χ2v) is 5.49. The lowest BCUT2D eigenvalue weighted by atomic mass is 9.88. The number of hydrogen-bond donors (Lipinski definition) is 1. The Labute approximate surface area is 124 Å². The first-order valence-corrected chi connectivity index (χ1v) is 7.32. The van der Waals surface area contributed by atoms with Gasteiger partial charge >= 0.3 is 0 Å². The number of hydrogen-bond acceptors (Lipinski definition) is 4. The Hall–Kier alpha value is -1.95. The molecule has 0 saturated carbocycles. The summed E-state index contributed by atoms with van der Waals surface area (Å²) < 4.78 is 0. The first-order chi connectivity index (χ1) is 10.1. The fourth-order valence-electron chi connectivity index (χ4n) is 2.89. The van der Waals surface area contributed by atoms with Crippen LogP contribution < -0.4 is 5.73 Å². The Morgan fingerprint density at radius 1 is 1.43 bits per heavy atom. The average Bonchev–Trinajstić information content (AvgIpc) is 2.53. The van der Waals surface area contributed by atoms with Crippen molar-refractivity contribution in [3.63, 3.8) is 0 Å². The monoisotopic (exact) mass is 291 g/mol. The van der Waals surface area contributed by atoms with Gasteiger partial charge in [-0.3, -0.25) is 14.9 Å². The van der Waals surface area contributed by atoms with Crippen molar-refractivity contribution in [3.05, 3.63) is 39.9 Å². The van der Waals surface area contributed by atoms with Gasteiger partial charge in [-0.15, -0.1) is 0 Å². The van der Waals surface area contributed by atoms with Crippen molar-refractivity contribution in [1.82, 2.24) is 4.90 Å². The summed E-state index contributed by atoms with van der Waals surface area (Å²) in [7, 11) is 0. The zero-order valence-electron chi connectivity index (χ0n) is 12.2. The Morgan fingerprint density at radius 2 is 2.10 bits per heavy atom. The molecule has 0 aromatic heterocycles. The third-order valence-corrected chi connectivity index (χ3v) is 4.26. The van der Waals surface area contributed by atoms with Crippen molar-refractivity contribution in [1.29, 1.82) is 0 Å². The first kappa shape index (κ1) is 15.4. The fraction of sp³-hybridized carbons (Fsp3) is 0.533. The van der Waals surface area contributed by atoms with E-state index in [-0.39, 0.29) is 17.6 Å². The van der Waals surface area contributed by atoms with Crippen molar-refractivity contribution in [3.8, 4) is 0 Å². The van der Waals surface area contributed by atoms with E-state index in [0.717, 1.165) is 19.3 Å². The van der Waals surface area contributed by atoms with Crippen LogP contribution in [0.25, 0.3) is 0 Å². The molecule has 1 aliphatic heterocycles. The number of nitrogens with two attached hydrogens (primary N) is 1. The highest BCUT2D eigenvalue weighted by Gasteiger charge is 2.30. The molecule has 0 bridgehead atoms. The van der Waals surface area contributed by atoms with Crippen LogP contribution in [-0.2, 0) is 0 Å². The molecule has 21 heavy (non-hydrogen) atoms. The van der Waals surface area contributed by atoms with Crippen molar-refractivity contribution >= 4 is 11.6 Å². The molecule has 2 atom stereocenters. The molecule has 0 radical (unpaired) electrons. The van der Waals surface area contributed by atoms with Gasteiger partial charge in [0.2, 0.25) is 0 Å². The summed E-state index contributed by atoms with van der Waals surface area (Å²) in [5, 5.41) is 10.6. The van der Waals surface area contributed by atoms with Crippen LogP contribution in [-0.4, -0.2) is 34.9 Å². The molecule has 1 aromatic rings. The van der Waals surface area contributed by atoms with Crippen LogP contribution in [0.4, 0.5) is 5.69 Å². The molecular weight excluding hydrogens is 270 g/mol. The van der Waals surface area contributed by atoms with Gasteiger partial charge in [0.15, 0.2) is 0 Å². The van der Waals surface area contributed by atoms with Crippen LogP contribution in [0.1, 0.15) is 36.5 Å². The molecule has 0 spiro atoms. The molecule has 1 aromatic carbocycles. The van der Waals surface area contributed by atoms with Crippen LogP contribution in [0.15, 0.2) is 24.3 Å². The van der Waals surface area contributed by atoms with E-state index < -0.39 is 4.92 Å². The highest BCUT2D eigenvalue weighted by atomic mass is 16.6. The summed E-state index contributed by atoms with van der Waals surface area (Å²) >= 11 is 0. The Bertz CT molecular complexity index is 515. The van der Waals surface area contributed by atoms with Gasteiger partial charge in [-0.2, -0.15) is 0 Å². The normalized spacial score (nSPS) is 22.1. The largest absolute Gasteiger partial charge is 0.334 e. The Morgan fingerprint density at radius 3 is 2.62 bits per heavy atom. The summed E-state index contributed by atoms with van der Waals surface area (Å²) in [5.41, 5.74) is 6.28. The molecule has 6 heteroatoms. The maximum Gasteiger partial charge on any atom is 0.269 e. The molecule has 1 saturated heterocycles. The quantitative estimate of drug-likeness (QED) is 0.680. The summed E-state index contributed by atoms with van der Waals surface area (Å²) in [4.78, 5) is 24.5. The van der Waals surface area contributed by atoms with E-state index in [1.807, 2.05) is 4.90 Å². The predicted molar refractivity (Wildman–Crippen MR) is 80.0 cm³/mol. The Balaban J connectivity index is 2.13. The van der Waals surface area contributed by atoms with Crippen molar-refractivity contribution in [2.24, 2.45) is 11.7 Å². The molecule has 2 N–H and O–H groups in total. The van der Waals surface area contributed by atoms with E-state index >= 15 is 0 Å². The minimum atomic E-state index is -0.469. The molecule has 1 fully saturated rings. The third kappa shape index (κ3) is 3.39. The summed E-state index contributed by atoms with van der Waals surface area (Å²) in [6, 6.07) is 5.82. The maximum atomic E-state index is 12.5. The molecule has 0 aliphatic carbocycles. The van der Waals surface area contributed by atoms with Crippen molar-refractivity contribution in [2.75, 3.05) is 13.1 Å². The lowest BCUT2D eigenvalue weighted by molar-refractivity contribution is -0.384. The van der Waals surface area contributed by atoms with Crippen LogP contribution in [0, 0.1) is 16.0 Å². The number of carbonyl (C=O) groups is 1. The van der Waals surface area contributed by atoms with Crippen LogP contribution in [0.3, 0.4) is 0 Å². The van der Waals surface area contributed by atoms with Gasteiger partial charge in [0.05, 0.1) is 4.92 Å². The summed E-state index contributed by atoms with van der Waals surface area (Å²) in [5.74, 6) is 0.536. The Kier molecular flexibility index (Phi) is 4.90. The molecule has 2 unspecified atom stereocenters. The lowest BCUT2D eigenvalue weighted by Gasteiger charge is -2.39. The van der Waals surface area contributed by atoms with E-state index in [2.05, 4.69) is 6.92 Å². The highest BCUT2D eigenvalue weighted by Crippen LogP contribution is 2.26. The van der Waals surface area contributed by atoms with Crippen LogP contribution >= 0.6 is 0 Å². The number of nitro benzene ring substituents is 1. The van der Waals surface area contributed by atoms with Gasteiger partial charge in [-0.1, -0.05) is 13.3 Å². The number of piperidine rings is 1. The first-order valence-electron chi connectivity index (χ1n) is 7.32. The second-order valence-electron chi connectivity index (χ2n) is 5.49. The summed E-state index contributed by atoms with van der Waals surface area (Å²) in [6.45, 7) is 3.32. The topological polar surface area (TPSA) is 89.5 Å². The van der Waals surface area contributed by atoms with Gasteiger partial charge in [-0.05, 0) is 30.9 Å².